The number of amides is 1. The van der Waals surface area contributed by atoms with Crippen LogP contribution in [0.5, 0.6) is 5.75 Å². The maximum atomic E-state index is 12.9. The van der Waals surface area contributed by atoms with Crippen molar-refractivity contribution in [3.63, 3.8) is 0 Å². The topological polar surface area (TPSA) is 112 Å². The molecule has 1 atom stereocenters. The summed E-state index contributed by atoms with van der Waals surface area (Å²) in [6.07, 6.45) is -4.94. The smallest absolute Gasteiger partial charge is 0.404 e. The Labute approximate surface area is 199 Å². The van der Waals surface area contributed by atoms with E-state index in [2.05, 4.69) is 9.72 Å². The van der Waals surface area contributed by atoms with Gasteiger partial charge in [-0.2, -0.15) is 0 Å². The Morgan fingerprint density at radius 2 is 1.79 bits per heavy atom. The zero-order valence-electron chi connectivity index (χ0n) is 16.7. The molecule has 4 N–H and O–H groups in total. The first-order valence-electron chi connectivity index (χ1n) is 9.08. The van der Waals surface area contributed by atoms with Gasteiger partial charge in [0.1, 0.15) is 22.5 Å². The number of ether oxygens (including phenoxy) is 1. The molecule has 0 radical (unpaired) electrons. The number of hydrogen-bond acceptors (Lipinski definition) is 7. The highest BCUT2D eigenvalue weighted by Gasteiger charge is 2.33. The molecule has 2 aromatic carbocycles. The fourth-order valence-corrected chi connectivity index (χ4v) is 4.18. The fourth-order valence-electron chi connectivity index (χ4n) is 2.79. The van der Waals surface area contributed by atoms with Gasteiger partial charge in [0.2, 0.25) is 11.7 Å². The molecule has 0 aliphatic rings. The van der Waals surface area contributed by atoms with Crippen molar-refractivity contribution in [2.75, 3.05) is 10.6 Å². The highest BCUT2D eigenvalue weighted by molar-refractivity contribution is 7.18. The van der Waals surface area contributed by atoms with Crippen LogP contribution in [0.3, 0.4) is 0 Å². The van der Waals surface area contributed by atoms with Crippen LogP contribution in [0.15, 0.2) is 42.5 Å². The molecule has 7 nitrogen and oxygen atoms in total. The Bertz CT molecular complexity index is 1200. The van der Waals surface area contributed by atoms with E-state index in [4.69, 9.17) is 34.7 Å². The summed E-state index contributed by atoms with van der Waals surface area (Å²) >= 11 is 12.7. The highest BCUT2D eigenvalue weighted by Crippen LogP contribution is 2.39. The van der Waals surface area contributed by atoms with Crippen molar-refractivity contribution in [3.8, 4) is 5.75 Å². The number of primary amides is 1. The molecule has 0 fully saturated rings. The van der Waals surface area contributed by atoms with E-state index in [0.717, 1.165) is 23.5 Å². The normalized spacial score (nSPS) is 12.3. The number of carbonyl (C=O) groups excluding carboxylic acids is 2. The molecule has 0 spiro atoms. The summed E-state index contributed by atoms with van der Waals surface area (Å²) < 4.78 is 41.5. The zero-order valence-corrected chi connectivity index (χ0v) is 19.0. The van der Waals surface area contributed by atoms with E-state index < -0.39 is 29.8 Å². The second kappa shape index (κ2) is 9.46. The van der Waals surface area contributed by atoms with E-state index >= 15 is 0 Å². The van der Waals surface area contributed by atoms with Crippen molar-refractivity contribution in [1.29, 1.82) is 0 Å². The number of halogens is 5. The van der Waals surface area contributed by atoms with Gasteiger partial charge in [-0.05, 0) is 49.4 Å². The molecule has 0 saturated carbocycles. The van der Waals surface area contributed by atoms with Crippen LogP contribution in [0, 0.1) is 0 Å². The molecule has 1 heterocycles. The van der Waals surface area contributed by atoms with Crippen molar-refractivity contribution in [1.82, 2.24) is 4.98 Å². The summed E-state index contributed by atoms with van der Waals surface area (Å²) in [5.74, 6) is -1.91. The summed E-state index contributed by atoms with van der Waals surface area (Å²) in [5, 5.41) is 0.186. The van der Waals surface area contributed by atoms with Gasteiger partial charge in [-0.15, -0.1) is 13.2 Å². The first-order valence-corrected chi connectivity index (χ1v) is 10.6. The number of nitrogens with two attached hydrogens (primary N) is 2. The number of rotatable bonds is 7. The number of carbonyl (C=O) groups is 2. The third-order valence-electron chi connectivity index (χ3n) is 4.38. The number of hydrogen-bond donors (Lipinski definition) is 2. The summed E-state index contributed by atoms with van der Waals surface area (Å²) in [6.45, 7) is 1.45. The lowest BCUT2D eigenvalue weighted by Gasteiger charge is -2.27. The lowest BCUT2D eigenvalue weighted by molar-refractivity contribution is -0.274. The third-order valence-corrected chi connectivity index (χ3v) is 6.00. The van der Waals surface area contributed by atoms with E-state index in [-0.39, 0.29) is 26.5 Å². The predicted octanol–water partition coefficient (Wildman–Crippen LogP) is 5.17. The molecule has 13 heteroatoms. The Hall–Kier alpha value is -3.02. The van der Waals surface area contributed by atoms with Crippen LogP contribution in [0.4, 0.5) is 29.8 Å². The first-order chi connectivity index (χ1) is 15.4. The minimum absolute atomic E-state index is 0.0946. The minimum atomic E-state index is -4.94. The molecule has 33 heavy (non-hydrogen) atoms. The lowest BCUT2D eigenvalue weighted by Crippen LogP contribution is -2.40. The fraction of sp³-hybridized carbons (Fsp3) is 0.150. The molecule has 174 valence electrons. The average Bonchev–Trinajstić information content (AvgIpc) is 3.10. The quantitative estimate of drug-likeness (QED) is 0.417. The van der Waals surface area contributed by atoms with Gasteiger partial charge >= 0.3 is 6.36 Å². The summed E-state index contributed by atoms with van der Waals surface area (Å²) in [5.41, 5.74) is 11.9. The van der Waals surface area contributed by atoms with Crippen molar-refractivity contribution in [2.45, 2.75) is 19.3 Å². The van der Waals surface area contributed by atoms with Crippen LogP contribution in [-0.2, 0) is 4.79 Å². The maximum absolute atomic E-state index is 12.9. The number of ketones is 1. The van der Waals surface area contributed by atoms with Gasteiger partial charge in [-0.3, -0.25) is 9.59 Å². The Balaban J connectivity index is 2.03. The second-order valence-corrected chi connectivity index (χ2v) is 8.48. The van der Waals surface area contributed by atoms with Crippen molar-refractivity contribution in [3.05, 3.63) is 63.0 Å². The van der Waals surface area contributed by atoms with Gasteiger partial charge in [-0.1, -0.05) is 34.5 Å². The predicted molar refractivity (Wildman–Crippen MR) is 120 cm³/mol. The summed E-state index contributed by atoms with van der Waals surface area (Å²) in [6, 6.07) is 8.49. The zero-order chi connectivity index (χ0) is 24.5. The van der Waals surface area contributed by atoms with Crippen molar-refractivity contribution < 1.29 is 27.5 Å². The molecule has 1 amide bonds. The minimum Gasteiger partial charge on any atom is -0.404 e. The number of alkyl halides is 3. The standard InChI is InChI=1S/C20H15Cl2F3N4O3S/c1-9(18(27)31)29(12-6-7-14(13(22)8-12)32-20(23,24)25)19-28-17(26)16(33-19)15(30)10-2-4-11(21)5-3-10/h2-9H,26H2,1H3,(H2,27,31)/t9-/m1/s1. The summed E-state index contributed by atoms with van der Waals surface area (Å²) in [7, 11) is 0. The molecular weight excluding hydrogens is 504 g/mol. The van der Waals surface area contributed by atoms with Gasteiger partial charge in [0.05, 0.1) is 5.02 Å². The second-order valence-electron chi connectivity index (χ2n) is 6.66. The van der Waals surface area contributed by atoms with Crippen LogP contribution in [0.2, 0.25) is 10.0 Å². The monoisotopic (exact) mass is 518 g/mol. The number of nitrogens with zero attached hydrogens (tertiary/aromatic N) is 2. The van der Waals surface area contributed by atoms with Crippen LogP contribution in [0.1, 0.15) is 22.2 Å². The Morgan fingerprint density at radius 3 is 2.33 bits per heavy atom. The van der Waals surface area contributed by atoms with Crippen LogP contribution in [0.25, 0.3) is 0 Å². The maximum Gasteiger partial charge on any atom is 0.573 e. The van der Waals surface area contributed by atoms with Crippen LogP contribution in [-0.4, -0.2) is 29.1 Å². The number of thiazole rings is 1. The van der Waals surface area contributed by atoms with E-state index in [1.54, 1.807) is 12.1 Å². The molecule has 0 saturated heterocycles. The number of nitrogen functional groups attached to an aromatic ring is 1. The third kappa shape index (κ3) is 5.67. The van der Waals surface area contributed by atoms with E-state index in [1.807, 2.05) is 0 Å². The molecule has 3 aromatic rings. The lowest BCUT2D eigenvalue weighted by atomic mass is 10.1. The van der Waals surface area contributed by atoms with E-state index in [1.165, 1.54) is 30.0 Å². The molecule has 0 bridgehead atoms. The number of anilines is 3. The van der Waals surface area contributed by atoms with Gasteiger partial charge < -0.3 is 21.1 Å². The Kier molecular flexibility index (Phi) is 7.06. The largest absolute Gasteiger partial charge is 0.573 e. The molecule has 0 aliphatic heterocycles. The Morgan fingerprint density at radius 1 is 1.15 bits per heavy atom. The van der Waals surface area contributed by atoms with Crippen molar-refractivity contribution >= 4 is 62.9 Å². The number of aromatic nitrogens is 1. The SMILES string of the molecule is C[C@H](C(N)=O)N(c1ccc(OC(F)(F)F)c(Cl)c1)c1nc(N)c(C(=O)c2ccc(Cl)cc2)s1. The first kappa shape index (κ1) is 24.6. The number of benzene rings is 2. The molecule has 1 aromatic heterocycles. The van der Waals surface area contributed by atoms with Crippen molar-refractivity contribution in [2.24, 2.45) is 5.73 Å². The molecular formula is C20H15Cl2F3N4O3S. The van der Waals surface area contributed by atoms with Crippen LogP contribution >= 0.6 is 34.5 Å². The molecule has 3 rings (SSSR count). The average molecular weight is 519 g/mol. The van der Waals surface area contributed by atoms with Crippen LogP contribution < -0.4 is 21.1 Å². The van der Waals surface area contributed by atoms with E-state index in [0.29, 0.717) is 10.6 Å². The summed E-state index contributed by atoms with van der Waals surface area (Å²) in [4.78, 5) is 30.4. The molecule has 0 unspecified atom stereocenters. The highest BCUT2D eigenvalue weighted by atomic mass is 35.5. The van der Waals surface area contributed by atoms with Gasteiger partial charge in [0.25, 0.3) is 0 Å². The van der Waals surface area contributed by atoms with Gasteiger partial charge in [0.15, 0.2) is 5.13 Å². The van der Waals surface area contributed by atoms with Gasteiger partial charge in [0, 0.05) is 16.3 Å². The van der Waals surface area contributed by atoms with E-state index in [9.17, 15) is 22.8 Å². The molecule has 0 aliphatic carbocycles. The van der Waals surface area contributed by atoms with Gasteiger partial charge in [-0.25, -0.2) is 4.98 Å².